The Labute approximate surface area is 124 Å². The second kappa shape index (κ2) is 5.34. The Morgan fingerprint density at radius 3 is 2.67 bits per heavy atom. The number of hydrogen-bond acceptors (Lipinski definition) is 3. The van der Waals surface area contributed by atoms with Gasteiger partial charge in [0.15, 0.2) is 9.84 Å². The summed E-state index contributed by atoms with van der Waals surface area (Å²) in [4.78, 5) is 11.9. The smallest absolute Gasteiger partial charge is 0.251 e. The molecule has 0 aromatic heterocycles. The standard InChI is InChI=1S/C11H11ClINO3S/c12-9-5-18(16,17)6-10(9)14-11(15)7-2-1-3-8(13)4-7/h1-4,9-10H,5-6H2,(H,14,15). The number of alkyl halides is 1. The van der Waals surface area contributed by atoms with Gasteiger partial charge in [-0.25, -0.2) is 8.42 Å². The molecule has 18 heavy (non-hydrogen) atoms. The zero-order valence-corrected chi connectivity index (χ0v) is 13.0. The molecule has 1 N–H and O–H groups in total. The lowest BCUT2D eigenvalue weighted by Crippen LogP contribution is -2.40. The molecule has 1 aliphatic rings. The first kappa shape index (κ1) is 14.1. The average molecular weight is 400 g/mol. The van der Waals surface area contributed by atoms with E-state index < -0.39 is 21.3 Å². The van der Waals surface area contributed by atoms with E-state index in [1.54, 1.807) is 18.2 Å². The van der Waals surface area contributed by atoms with Crippen LogP contribution in [0.15, 0.2) is 24.3 Å². The van der Waals surface area contributed by atoms with Gasteiger partial charge in [-0.2, -0.15) is 0 Å². The molecule has 0 radical (unpaired) electrons. The molecule has 1 amide bonds. The van der Waals surface area contributed by atoms with Gasteiger partial charge >= 0.3 is 0 Å². The molecule has 0 aliphatic carbocycles. The van der Waals surface area contributed by atoms with Crippen LogP contribution in [0, 0.1) is 3.57 Å². The van der Waals surface area contributed by atoms with E-state index >= 15 is 0 Å². The second-order valence-corrected chi connectivity index (χ2v) is 8.14. The molecule has 1 saturated heterocycles. The summed E-state index contributed by atoms with van der Waals surface area (Å²) in [7, 11) is -3.13. The summed E-state index contributed by atoms with van der Waals surface area (Å²) < 4.78 is 23.7. The van der Waals surface area contributed by atoms with Crippen LogP contribution in [-0.2, 0) is 9.84 Å². The first-order valence-electron chi connectivity index (χ1n) is 5.28. The molecule has 1 aliphatic heterocycles. The second-order valence-electron chi connectivity index (χ2n) is 4.18. The quantitative estimate of drug-likeness (QED) is 0.604. The molecule has 1 aromatic carbocycles. The Morgan fingerprint density at radius 2 is 2.11 bits per heavy atom. The van der Waals surface area contributed by atoms with Gasteiger partial charge in [-0.3, -0.25) is 4.79 Å². The van der Waals surface area contributed by atoms with E-state index in [-0.39, 0.29) is 17.4 Å². The largest absolute Gasteiger partial charge is 0.347 e. The van der Waals surface area contributed by atoms with Gasteiger partial charge in [0.2, 0.25) is 0 Å². The number of amides is 1. The molecule has 2 unspecified atom stereocenters. The molecule has 0 spiro atoms. The van der Waals surface area contributed by atoms with Crippen molar-refractivity contribution in [3.05, 3.63) is 33.4 Å². The molecule has 7 heteroatoms. The lowest BCUT2D eigenvalue weighted by molar-refractivity contribution is 0.0941. The van der Waals surface area contributed by atoms with Gasteiger partial charge in [0.25, 0.3) is 5.91 Å². The van der Waals surface area contributed by atoms with Crippen LogP contribution < -0.4 is 5.32 Å². The highest BCUT2D eigenvalue weighted by molar-refractivity contribution is 14.1. The molecule has 1 aromatic rings. The van der Waals surface area contributed by atoms with E-state index in [0.717, 1.165) is 3.57 Å². The van der Waals surface area contributed by atoms with Crippen molar-refractivity contribution in [3.63, 3.8) is 0 Å². The minimum atomic E-state index is -3.13. The third kappa shape index (κ3) is 3.36. The molecule has 98 valence electrons. The molecular weight excluding hydrogens is 389 g/mol. The number of halogens is 2. The summed E-state index contributed by atoms with van der Waals surface area (Å²) in [6.07, 6.45) is 0. The number of nitrogens with one attached hydrogen (secondary N) is 1. The minimum absolute atomic E-state index is 0.0776. The first-order valence-corrected chi connectivity index (χ1v) is 8.62. The van der Waals surface area contributed by atoms with Crippen LogP contribution in [0.4, 0.5) is 0 Å². The molecule has 0 bridgehead atoms. The normalized spacial score (nSPS) is 25.9. The van der Waals surface area contributed by atoms with Crippen molar-refractivity contribution in [1.82, 2.24) is 5.32 Å². The number of rotatable bonds is 2. The van der Waals surface area contributed by atoms with E-state index in [9.17, 15) is 13.2 Å². The van der Waals surface area contributed by atoms with Gasteiger partial charge in [-0.15, -0.1) is 11.6 Å². The average Bonchev–Trinajstić information content (AvgIpc) is 2.51. The number of sulfone groups is 1. The fourth-order valence-electron chi connectivity index (χ4n) is 1.82. The summed E-state index contributed by atoms with van der Waals surface area (Å²) in [5.74, 6) is -0.455. The van der Waals surface area contributed by atoms with Crippen molar-refractivity contribution >= 4 is 49.9 Å². The third-order valence-electron chi connectivity index (χ3n) is 2.69. The number of hydrogen-bond donors (Lipinski definition) is 1. The summed E-state index contributed by atoms with van der Waals surface area (Å²) in [5.41, 5.74) is 0.509. The predicted molar refractivity (Wildman–Crippen MR) is 78.7 cm³/mol. The molecule has 1 fully saturated rings. The number of benzene rings is 1. The highest BCUT2D eigenvalue weighted by atomic mass is 127. The molecule has 1 heterocycles. The van der Waals surface area contributed by atoms with Crippen molar-refractivity contribution in [2.24, 2.45) is 0 Å². The van der Waals surface area contributed by atoms with Gasteiger partial charge in [0.05, 0.1) is 22.9 Å². The first-order chi connectivity index (χ1) is 8.37. The predicted octanol–water partition coefficient (Wildman–Crippen LogP) is 1.43. The highest BCUT2D eigenvalue weighted by Gasteiger charge is 2.37. The summed E-state index contributed by atoms with van der Waals surface area (Å²) in [6, 6.07) is 6.57. The SMILES string of the molecule is O=C(NC1CS(=O)(=O)CC1Cl)c1cccc(I)c1. The highest BCUT2D eigenvalue weighted by Crippen LogP contribution is 2.18. The summed E-state index contributed by atoms with van der Waals surface area (Å²) >= 11 is 8.04. The number of carbonyl (C=O) groups excluding carboxylic acids is 1. The van der Waals surface area contributed by atoms with Gasteiger partial charge in [0.1, 0.15) is 0 Å². The monoisotopic (exact) mass is 399 g/mol. The Bertz CT molecular complexity index is 575. The Hall–Kier alpha value is -0.340. The van der Waals surface area contributed by atoms with E-state index in [1.165, 1.54) is 0 Å². The Morgan fingerprint density at radius 1 is 1.39 bits per heavy atom. The van der Waals surface area contributed by atoms with E-state index in [0.29, 0.717) is 5.56 Å². The maximum absolute atomic E-state index is 11.9. The molecule has 0 saturated carbocycles. The summed E-state index contributed by atoms with van der Waals surface area (Å²) in [6.45, 7) is 0. The zero-order chi connectivity index (χ0) is 13.3. The van der Waals surface area contributed by atoms with Gasteiger partial charge in [0, 0.05) is 9.13 Å². The molecule has 2 atom stereocenters. The topological polar surface area (TPSA) is 63.2 Å². The molecule has 2 rings (SSSR count). The van der Waals surface area contributed by atoms with Crippen LogP contribution in [-0.4, -0.2) is 37.2 Å². The van der Waals surface area contributed by atoms with E-state index in [2.05, 4.69) is 27.9 Å². The fourth-order valence-corrected chi connectivity index (χ4v) is 4.91. The third-order valence-corrected chi connectivity index (χ3v) is 5.73. The van der Waals surface area contributed by atoms with Crippen LogP contribution in [0.5, 0.6) is 0 Å². The Balaban J connectivity index is 2.09. The van der Waals surface area contributed by atoms with Crippen molar-refractivity contribution < 1.29 is 13.2 Å². The minimum Gasteiger partial charge on any atom is -0.347 e. The van der Waals surface area contributed by atoms with Gasteiger partial charge in [-0.1, -0.05) is 6.07 Å². The Kier molecular flexibility index (Phi) is 4.18. The van der Waals surface area contributed by atoms with Crippen molar-refractivity contribution in [3.8, 4) is 0 Å². The summed E-state index contributed by atoms with van der Waals surface area (Å²) in [5, 5.41) is 2.12. The molecule has 4 nitrogen and oxygen atoms in total. The van der Waals surface area contributed by atoms with Crippen molar-refractivity contribution in [1.29, 1.82) is 0 Å². The maximum atomic E-state index is 11.9. The van der Waals surface area contributed by atoms with Crippen LogP contribution in [0.1, 0.15) is 10.4 Å². The maximum Gasteiger partial charge on any atom is 0.251 e. The van der Waals surface area contributed by atoms with Crippen molar-refractivity contribution in [2.45, 2.75) is 11.4 Å². The van der Waals surface area contributed by atoms with Crippen LogP contribution in [0.25, 0.3) is 0 Å². The van der Waals surface area contributed by atoms with Gasteiger partial charge in [-0.05, 0) is 40.8 Å². The molecular formula is C11H11ClINO3S. The van der Waals surface area contributed by atoms with Crippen LogP contribution in [0.2, 0.25) is 0 Å². The lowest BCUT2D eigenvalue weighted by atomic mass is 10.2. The van der Waals surface area contributed by atoms with Crippen molar-refractivity contribution in [2.75, 3.05) is 11.5 Å². The van der Waals surface area contributed by atoms with E-state index in [4.69, 9.17) is 11.6 Å². The zero-order valence-electron chi connectivity index (χ0n) is 9.27. The fraction of sp³-hybridized carbons (Fsp3) is 0.364. The van der Waals surface area contributed by atoms with Gasteiger partial charge < -0.3 is 5.32 Å². The number of carbonyl (C=O) groups is 1. The van der Waals surface area contributed by atoms with E-state index in [1.807, 2.05) is 6.07 Å². The van der Waals surface area contributed by atoms with Crippen LogP contribution in [0.3, 0.4) is 0 Å². The lowest BCUT2D eigenvalue weighted by Gasteiger charge is -2.14. The van der Waals surface area contributed by atoms with Crippen LogP contribution >= 0.6 is 34.2 Å².